The molecule has 0 aliphatic heterocycles. The molecule has 0 amide bonds. The first-order valence-electron chi connectivity index (χ1n) is 7.04. The van der Waals surface area contributed by atoms with Gasteiger partial charge in [-0.3, -0.25) is 4.79 Å². The van der Waals surface area contributed by atoms with Gasteiger partial charge in [-0.05, 0) is 35.7 Å². The Bertz CT molecular complexity index is 936. The largest absolute Gasteiger partial charge is 0.426 e. The molecule has 0 radical (unpaired) electrons. The van der Waals surface area contributed by atoms with E-state index in [9.17, 15) is 13.2 Å². The van der Waals surface area contributed by atoms with Crippen molar-refractivity contribution in [1.29, 1.82) is 0 Å². The van der Waals surface area contributed by atoms with Crippen LogP contribution in [0.25, 0.3) is 11.5 Å². The second-order valence-electron chi connectivity index (χ2n) is 4.94. The van der Waals surface area contributed by atoms with Crippen molar-refractivity contribution in [3.8, 4) is 17.2 Å². The SMILES string of the molecule is CN(CC(=O)Oc1ccc(-c2nnco2)cc1)S(=O)(=O)c1cccs1. The van der Waals surface area contributed by atoms with Crippen LogP contribution in [0.15, 0.2) is 56.8 Å². The Morgan fingerprint density at radius 2 is 2.04 bits per heavy atom. The smallest absolute Gasteiger partial charge is 0.326 e. The number of likely N-dealkylation sites (N-methyl/N-ethyl adjacent to an activating group) is 1. The summed E-state index contributed by atoms with van der Waals surface area (Å²) < 4.78 is 35.9. The van der Waals surface area contributed by atoms with Crippen LogP contribution in [-0.2, 0) is 14.8 Å². The second kappa shape index (κ2) is 7.13. The third-order valence-corrected chi connectivity index (χ3v) is 6.38. The number of thiophene rings is 1. The highest BCUT2D eigenvalue weighted by atomic mass is 32.2. The molecule has 25 heavy (non-hydrogen) atoms. The number of benzene rings is 1. The highest BCUT2D eigenvalue weighted by Gasteiger charge is 2.24. The standard InChI is InChI=1S/C15H13N3O5S2/c1-18(25(20,21)14-3-2-8-24-14)9-13(19)23-12-6-4-11(5-7-12)15-17-16-10-22-15/h2-8,10H,9H2,1H3. The van der Waals surface area contributed by atoms with Gasteiger partial charge in [0.15, 0.2) is 0 Å². The summed E-state index contributed by atoms with van der Waals surface area (Å²) in [5.74, 6) is -0.0528. The van der Waals surface area contributed by atoms with Gasteiger partial charge in [-0.15, -0.1) is 21.5 Å². The summed E-state index contributed by atoms with van der Waals surface area (Å²) >= 11 is 1.09. The zero-order valence-corrected chi connectivity index (χ0v) is 14.7. The van der Waals surface area contributed by atoms with E-state index < -0.39 is 22.5 Å². The van der Waals surface area contributed by atoms with E-state index >= 15 is 0 Å². The number of rotatable bonds is 6. The van der Waals surface area contributed by atoms with Gasteiger partial charge >= 0.3 is 5.97 Å². The van der Waals surface area contributed by atoms with Crippen molar-refractivity contribution in [1.82, 2.24) is 14.5 Å². The van der Waals surface area contributed by atoms with Crippen LogP contribution in [0.1, 0.15) is 0 Å². The van der Waals surface area contributed by atoms with Crippen molar-refractivity contribution in [2.45, 2.75) is 4.21 Å². The Kier molecular flexibility index (Phi) is 4.93. The highest BCUT2D eigenvalue weighted by molar-refractivity contribution is 7.91. The fraction of sp³-hybridized carbons (Fsp3) is 0.133. The second-order valence-corrected chi connectivity index (χ2v) is 8.15. The molecule has 3 aromatic rings. The van der Waals surface area contributed by atoms with Crippen LogP contribution < -0.4 is 4.74 Å². The fourth-order valence-electron chi connectivity index (χ4n) is 1.96. The molecule has 0 atom stereocenters. The monoisotopic (exact) mass is 379 g/mol. The number of ether oxygens (including phenoxy) is 1. The lowest BCUT2D eigenvalue weighted by Gasteiger charge is -2.15. The minimum Gasteiger partial charge on any atom is -0.426 e. The number of aromatic nitrogens is 2. The van der Waals surface area contributed by atoms with Crippen LogP contribution in [0, 0.1) is 0 Å². The van der Waals surface area contributed by atoms with Crippen molar-refractivity contribution in [2.75, 3.05) is 13.6 Å². The average Bonchev–Trinajstić information content (AvgIpc) is 3.29. The molecule has 2 aromatic heterocycles. The summed E-state index contributed by atoms with van der Waals surface area (Å²) in [6.07, 6.45) is 1.22. The average molecular weight is 379 g/mol. The molecule has 0 saturated heterocycles. The summed E-state index contributed by atoms with van der Waals surface area (Å²) in [5, 5.41) is 9.01. The van der Waals surface area contributed by atoms with Crippen molar-refractivity contribution in [2.24, 2.45) is 0 Å². The van der Waals surface area contributed by atoms with E-state index in [1.54, 1.807) is 35.7 Å². The van der Waals surface area contributed by atoms with Crippen molar-refractivity contribution in [3.05, 3.63) is 48.2 Å². The summed E-state index contributed by atoms with van der Waals surface area (Å²) in [6.45, 7) is -0.397. The van der Waals surface area contributed by atoms with Gasteiger partial charge in [-0.1, -0.05) is 6.07 Å². The normalized spacial score (nSPS) is 11.6. The number of hydrogen-bond acceptors (Lipinski definition) is 8. The Labute approximate surface area is 147 Å². The Morgan fingerprint density at radius 3 is 2.64 bits per heavy atom. The molecule has 0 unspecified atom stereocenters. The molecule has 0 aliphatic carbocycles. The van der Waals surface area contributed by atoms with Crippen LogP contribution in [0.2, 0.25) is 0 Å². The summed E-state index contributed by atoms with van der Waals surface area (Å²) in [7, 11) is -2.37. The van der Waals surface area contributed by atoms with Crippen LogP contribution in [0.4, 0.5) is 0 Å². The predicted molar refractivity (Wildman–Crippen MR) is 89.5 cm³/mol. The lowest BCUT2D eigenvalue weighted by molar-refractivity contribution is -0.134. The number of carbonyl (C=O) groups excluding carboxylic acids is 1. The first kappa shape index (κ1) is 17.3. The number of esters is 1. The van der Waals surface area contributed by atoms with E-state index in [0.717, 1.165) is 15.6 Å². The van der Waals surface area contributed by atoms with Crippen LogP contribution in [-0.4, -0.2) is 42.5 Å². The molecule has 8 nitrogen and oxygen atoms in total. The zero-order valence-electron chi connectivity index (χ0n) is 13.0. The summed E-state index contributed by atoms with van der Waals surface area (Å²) in [4.78, 5) is 12.0. The molecule has 0 fully saturated rings. The zero-order chi connectivity index (χ0) is 17.9. The molecule has 0 bridgehead atoms. The maximum Gasteiger partial charge on any atom is 0.326 e. The minimum absolute atomic E-state index is 0.173. The molecule has 2 heterocycles. The third-order valence-electron chi connectivity index (χ3n) is 3.20. The summed E-state index contributed by atoms with van der Waals surface area (Å²) in [6, 6.07) is 9.55. The van der Waals surface area contributed by atoms with E-state index in [1.165, 1.54) is 19.5 Å². The van der Waals surface area contributed by atoms with E-state index in [1.807, 2.05) is 0 Å². The van der Waals surface area contributed by atoms with Gasteiger partial charge in [0.25, 0.3) is 10.0 Å². The number of sulfonamides is 1. The number of carbonyl (C=O) groups is 1. The molecular weight excluding hydrogens is 366 g/mol. The Morgan fingerprint density at radius 1 is 1.28 bits per heavy atom. The minimum atomic E-state index is -3.70. The maximum atomic E-state index is 12.3. The van der Waals surface area contributed by atoms with Gasteiger partial charge < -0.3 is 9.15 Å². The van der Waals surface area contributed by atoms with Gasteiger partial charge in [0.2, 0.25) is 12.3 Å². The molecule has 0 spiro atoms. The number of nitrogens with zero attached hydrogens (tertiary/aromatic N) is 3. The van der Waals surface area contributed by atoms with Crippen molar-refractivity contribution in [3.63, 3.8) is 0 Å². The first-order chi connectivity index (χ1) is 12.0. The quantitative estimate of drug-likeness (QED) is 0.477. The van der Waals surface area contributed by atoms with Gasteiger partial charge in [-0.25, -0.2) is 8.42 Å². The van der Waals surface area contributed by atoms with E-state index in [2.05, 4.69) is 10.2 Å². The first-order valence-corrected chi connectivity index (χ1v) is 9.36. The Balaban J connectivity index is 1.63. The third kappa shape index (κ3) is 3.92. The van der Waals surface area contributed by atoms with Crippen LogP contribution in [0.5, 0.6) is 5.75 Å². The Hall–Kier alpha value is -2.56. The van der Waals surface area contributed by atoms with Gasteiger partial charge in [0, 0.05) is 12.6 Å². The van der Waals surface area contributed by atoms with Crippen molar-refractivity contribution < 1.29 is 22.4 Å². The lowest BCUT2D eigenvalue weighted by Crippen LogP contribution is -2.33. The van der Waals surface area contributed by atoms with Crippen molar-refractivity contribution >= 4 is 27.3 Å². The van der Waals surface area contributed by atoms with E-state index in [-0.39, 0.29) is 9.96 Å². The van der Waals surface area contributed by atoms with Gasteiger partial charge in [0.1, 0.15) is 16.5 Å². The van der Waals surface area contributed by atoms with E-state index in [4.69, 9.17) is 9.15 Å². The molecule has 0 saturated carbocycles. The van der Waals surface area contributed by atoms with Crippen LogP contribution >= 0.6 is 11.3 Å². The van der Waals surface area contributed by atoms with Gasteiger partial charge in [0.05, 0.1) is 0 Å². The highest BCUT2D eigenvalue weighted by Crippen LogP contribution is 2.21. The maximum absolute atomic E-state index is 12.3. The summed E-state index contributed by atoms with van der Waals surface area (Å²) in [5.41, 5.74) is 0.676. The van der Waals surface area contributed by atoms with E-state index in [0.29, 0.717) is 11.5 Å². The number of hydrogen-bond donors (Lipinski definition) is 0. The van der Waals surface area contributed by atoms with Crippen LogP contribution in [0.3, 0.4) is 0 Å². The molecule has 0 N–H and O–H groups in total. The molecule has 10 heteroatoms. The topological polar surface area (TPSA) is 103 Å². The predicted octanol–water partition coefficient (Wildman–Crippen LogP) is 2.02. The molecular formula is C15H13N3O5S2. The molecule has 0 aliphatic rings. The lowest BCUT2D eigenvalue weighted by atomic mass is 10.2. The molecule has 130 valence electrons. The van der Waals surface area contributed by atoms with Gasteiger partial charge in [-0.2, -0.15) is 4.31 Å². The fourth-order valence-corrected chi connectivity index (χ4v) is 4.28. The molecule has 1 aromatic carbocycles. The molecule has 3 rings (SSSR count).